The first kappa shape index (κ1) is 27.5. The number of piperazine rings is 1. The second-order valence-electron chi connectivity index (χ2n) is 9.16. The highest BCUT2D eigenvalue weighted by atomic mass is 79.9. The summed E-state index contributed by atoms with van der Waals surface area (Å²) in [4.78, 5) is 14.3. The van der Waals surface area contributed by atoms with Gasteiger partial charge >= 0.3 is 5.97 Å². The molecule has 1 saturated heterocycles. The Morgan fingerprint density at radius 3 is 2.46 bits per heavy atom. The molecule has 1 aliphatic rings. The van der Waals surface area contributed by atoms with Gasteiger partial charge in [-0.05, 0) is 78.5 Å². The van der Waals surface area contributed by atoms with Crippen molar-refractivity contribution in [1.82, 2.24) is 14.9 Å². The monoisotopic (exact) mass is 589 g/mol. The second-order valence-corrected chi connectivity index (χ2v) is 11.8. The summed E-state index contributed by atoms with van der Waals surface area (Å²) in [5.41, 5.74) is 0.722. The molecule has 0 aromatic heterocycles. The molecule has 1 unspecified atom stereocenters. The minimum atomic E-state index is -3.98. The van der Waals surface area contributed by atoms with Crippen molar-refractivity contribution in [3.05, 3.63) is 70.7 Å². The largest absolute Gasteiger partial charge is 0.494 e. The van der Waals surface area contributed by atoms with Crippen LogP contribution in [0, 0.1) is 0 Å². The zero-order valence-corrected chi connectivity index (χ0v) is 22.9. The van der Waals surface area contributed by atoms with Gasteiger partial charge in [0.1, 0.15) is 11.8 Å². The van der Waals surface area contributed by atoms with Crippen LogP contribution in [0.5, 0.6) is 5.75 Å². The van der Waals surface area contributed by atoms with E-state index in [0.717, 1.165) is 72.1 Å². The third-order valence-electron chi connectivity index (χ3n) is 6.38. The summed E-state index contributed by atoms with van der Waals surface area (Å²) in [6.45, 7) is 6.11. The maximum absolute atomic E-state index is 12.7. The second kappa shape index (κ2) is 12.8. The van der Waals surface area contributed by atoms with Crippen molar-refractivity contribution >= 4 is 42.7 Å². The van der Waals surface area contributed by atoms with Gasteiger partial charge in [-0.3, -0.25) is 4.79 Å². The van der Waals surface area contributed by atoms with Gasteiger partial charge in [0.2, 0.25) is 10.0 Å². The zero-order chi connectivity index (χ0) is 26.3. The lowest BCUT2D eigenvalue weighted by Crippen LogP contribution is -2.43. The van der Waals surface area contributed by atoms with E-state index in [1.807, 2.05) is 36.4 Å². The molecule has 3 N–H and O–H groups in total. The number of nitrogens with one attached hydrogen (secondary N) is 2. The highest BCUT2D eigenvalue weighted by molar-refractivity contribution is 9.10. The molecule has 0 spiro atoms. The van der Waals surface area contributed by atoms with Crippen LogP contribution in [0.4, 0.5) is 0 Å². The maximum Gasteiger partial charge on any atom is 0.322 e. The quantitative estimate of drug-likeness (QED) is 0.277. The van der Waals surface area contributed by atoms with E-state index in [0.29, 0.717) is 6.61 Å². The van der Waals surface area contributed by atoms with Crippen LogP contribution in [-0.4, -0.2) is 69.8 Å². The van der Waals surface area contributed by atoms with Crippen molar-refractivity contribution < 1.29 is 23.1 Å². The molecule has 3 aromatic rings. The number of hydrogen-bond acceptors (Lipinski definition) is 6. The standard InChI is InChI=1S/C27H32BrN3O5S/c28-23-6-9-25(10-7-23)37(34,35)30-26(27(32)33)18-20-3-4-22-19-24(8-5-21(22)17-20)36-16-2-1-13-31-14-11-29-12-15-31/h3-10,17,19,26,29-30H,1-2,11-16,18H2,(H,32,33). The van der Waals surface area contributed by atoms with Crippen LogP contribution < -0.4 is 14.8 Å². The molecule has 0 saturated carbocycles. The Kier molecular flexibility index (Phi) is 9.55. The van der Waals surface area contributed by atoms with Crippen LogP contribution in [0.1, 0.15) is 18.4 Å². The number of halogens is 1. The lowest BCUT2D eigenvalue weighted by Gasteiger charge is -2.26. The van der Waals surface area contributed by atoms with Crippen LogP contribution in [0.15, 0.2) is 70.0 Å². The van der Waals surface area contributed by atoms with Gasteiger partial charge in [-0.15, -0.1) is 0 Å². The number of ether oxygens (including phenoxy) is 1. The fourth-order valence-corrected chi connectivity index (χ4v) is 5.79. The smallest absolute Gasteiger partial charge is 0.322 e. The van der Waals surface area contributed by atoms with Gasteiger partial charge in [-0.1, -0.05) is 40.2 Å². The van der Waals surface area contributed by atoms with Crippen LogP contribution in [0.2, 0.25) is 0 Å². The van der Waals surface area contributed by atoms with Crippen molar-refractivity contribution in [3.8, 4) is 5.75 Å². The Morgan fingerprint density at radius 2 is 1.73 bits per heavy atom. The van der Waals surface area contributed by atoms with E-state index < -0.39 is 22.0 Å². The Hall–Kier alpha value is -2.50. The fourth-order valence-electron chi connectivity index (χ4n) is 4.34. The first-order valence-electron chi connectivity index (χ1n) is 12.4. The van der Waals surface area contributed by atoms with Gasteiger partial charge in [0, 0.05) is 30.7 Å². The van der Waals surface area contributed by atoms with Gasteiger partial charge in [-0.2, -0.15) is 4.72 Å². The zero-order valence-electron chi connectivity index (χ0n) is 20.5. The number of unbranched alkanes of at least 4 members (excludes halogenated alkanes) is 1. The lowest BCUT2D eigenvalue weighted by atomic mass is 10.0. The van der Waals surface area contributed by atoms with Gasteiger partial charge in [0.15, 0.2) is 0 Å². The van der Waals surface area contributed by atoms with Crippen molar-refractivity contribution in [2.75, 3.05) is 39.3 Å². The summed E-state index contributed by atoms with van der Waals surface area (Å²) < 4.78 is 34.4. The molecule has 0 amide bonds. The summed E-state index contributed by atoms with van der Waals surface area (Å²) >= 11 is 3.27. The van der Waals surface area contributed by atoms with Crippen molar-refractivity contribution in [3.63, 3.8) is 0 Å². The summed E-state index contributed by atoms with van der Waals surface area (Å²) in [7, 11) is -3.98. The number of benzene rings is 3. The van der Waals surface area contributed by atoms with E-state index in [1.54, 1.807) is 12.1 Å². The molecule has 8 nitrogen and oxygen atoms in total. The highest BCUT2D eigenvalue weighted by Gasteiger charge is 2.25. The van der Waals surface area contributed by atoms with Crippen molar-refractivity contribution in [2.24, 2.45) is 0 Å². The number of nitrogens with zero attached hydrogens (tertiary/aromatic N) is 1. The molecule has 0 radical (unpaired) electrons. The van der Waals surface area contributed by atoms with E-state index in [9.17, 15) is 18.3 Å². The molecule has 10 heteroatoms. The SMILES string of the molecule is O=C(O)C(Cc1ccc2cc(OCCCCN3CCNCC3)ccc2c1)NS(=O)(=O)c1ccc(Br)cc1. The van der Waals surface area contributed by atoms with Gasteiger partial charge < -0.3 is 20.1 Å². The van der Waals surface area contributed by atoms with Crippen molar-refractivity contribution in [1.29, 1.82) is 0 Å². The normalized spacial score (nSPS) is 15.5. The molecule has 3 aromatic carbocycles. The first-order chi connectivity index (χ1) is 17.8. The number of rotatable bonds is 12. The molecule has 198 valence electrons. The average Bonchev–Trinajstić information content (AvgIpc) is 2.89. The summed E-state index contributed by atoms with van der Waals surface area (Å²) in [6, 6.07) is 16.2. The van der Waals surface area contributed by atoms with Crippen LogP contribution in [0.3, 0.4) is 0 Å². The Balaban J connectivity index is 1.33. The molecular formula is C27H32BrN3O5S. The van der Waals surface area contributed by atoms with Gasteiger partial charge in [0.25, 0.3) is 0 Å². The predicted molar refractivity (Wildman–Crippen MR) is 148 cm³/mol. The predicted octanol–water partition coefficient (Wildman–Crippen LogP) is 3.64. The van der Waals surface area contributed by atoms with E-state index >= 15 is 0 Å². The Morgan fingerprint density at radius 1 is 1.03 bits per heavy atom. The highest BCUT2D eigenvalue weighted by Crippen LogP contribution is 2.23. The van der Waals surface area contributed by atoms with Crippen molar-refractivity contribution in [2.45, 2.75) is 30.2 Å². The Labute approximate surface area is 226 Å². The number of sulfonamides is 1. The number of fused-ring (bicyclic) bond motifs is 1. The summed E-state index contributed by atoms with van der Waals surface area (Å²) in [6.07, 6.45) is 2.12. The van der Waals surface area contributed by atoms with Gasteiger partial charge in [0.05, 0.1) is 11.5 Å². The third-order valence-corrected chi connectivity index (χ3v) is 8.40. The molecule has 0 aliphatic carbocycles. The minimum absolute atomic E-state index is 0.0109. The summed E-state index contributed by atoms with van der Waals surface area (Å²) in [5.74, 6) is -0.436. The number of hydrogen-bond donors (Lipinski definition) is 3. The molecule has 1 atom stereocenters. The molecule has 1 fully saturated rings. The number of carboxylic acid groups (broad SMARTS) is 1. The van der Waals surface area contributed by atoms with E-state index in [4.69, 9.17) is 4.74 Å². The van der Waals surface area contributed by atoms with Crippen LogP contribution in [-0.2, 0) is 21.2 Å². The molecule has 1 aliphatic heterocycles. The van der Waals surface area contributed by atoms with E-state index in [1.165, 1.54) is 12.1 Å². The topological polar surface area (TPSA) is 108 Å². The lowest BCUT2D eigenvalue weighted by molar-refractivity contribution is -0.138. The number of aliphatic carboxylic acids is 1. The summed E-state index contributed by atoms with van der Waals surface area (Å²) in [5, 5.41) is 15.0. The first-order valence-corrected chi connectivity index (χ1v) is 14.7. The average molecular weight is 591 g/mol. The maximum atomic E-state index is 12.7. The molecule has 37 heavy (non-hydrogen) atoms. The number of carboxylic acids is 1. The number of carbonyl (C=O) groups is 1. The van der Waals surface area contributed by atoms with E-state index in [2.05, 4.69) is 30.9 Å². The van der Waals surface area contributed by atoms with Crippen LogP contribution >= 0.6 is 15.9 Å². The molecule has 0 bridgehead atoms. The van der Waals surface area contributed by atoms with E-state index in [-0.39, 0.29) is 11.3 Å². The molecule has 4 rings (SSSR count). The Bertz CT molecular complexity index is 1310. The van der Waals surface area contributed by atoms with Gasteiger partial charge in [-0.25, -0.2) is 8.42 Å². The van der Waals surface area contributed by atoms with Crippen LogP contribution in [0.25, 0.3) is 10.8 Å². The fraction of sp³-hybridized carbons (Fsp3) is 0.370. The molecular weight excluding hydrogens is 558 g/mol. The molecule has 1 heterocycles. The minimum Gasteiger partial charge on any atom is -0.494 e. The third kappa shape index (κ3) is 7.99.